The van der Waals surface area contributed by atoms with Crippen LogP contribution < -0.4 is 4.74 Å². The lowest BCUT2D eigenvalue weighted by Crippen LogP contribution is -2.05. The van der Waals surface area contributed by atoms with Crippen molar-refractivity contribution >= 4 is 17.9 Å². The monoisotopic (exact) mass is 387 g/mol. The first-order valence-electron chi connectivity index (χ1n) is 9.14. The van der Waals surface area contributed by atoms with Crippen LogP contribution in [0.25, 0.3) is 6.08 Å². The summed E-state index contributed by atoms with van der Waals surface area (Å²) >= 11 is 0. The molecule has 5 heteroatoms. The summed E-state index contributed by atoms with van der Waals surface area (Å²) in [6.07, 6.45) is 1.62. The van der Waals surface area contributed by atoms with E-state index in [1.165, 1.54) is 23.8 Å². The lowest BCUT2D eigenvalue weighted by Gasteiger charge is -2.07. The highest BCUT2D eigenvalue weighted by atomic mass is 19.1. The molecule has 0 radical (unpaired) electrons. The normalized spacial score (nSPS) is 14.6. The number of hydrogen-bond acceptors (Lipinski definition) is 4. The van der Waals surface area contributed by atoms with E-state index >= 15 is 0 Å². The third kappa shape index (κ3) is 4.58. The summed E-state index contributed by atoms with van der Waals surface area (Å²) in [6.45, 7) is 2.53. The van der Waals surface area contributed by atoms with E-state index in [9.17, 15) is 9.18 Å². The van der Waals surface area contributed by atoms with Crippen molar-refractivity contribution in [3.63, 3.8) is 0 Å². The number of ether oxygens (including phenoxy) is 2. The summed E-state index contributed by atoms with van der Waals surface area (Å²) in [5.41, 5.74) is 3.66. The maximum absolute atomic E-state index is 13.4. The Balaban J connectivity index is 1.45. The molecule has 0 saturated heterocycles. The topological polar surface area (TPSA) is 47.9 Å². The van der Waals surface area contributed by atoms with Gasteiger partial charge in [0.2, 0.25) is 5.90 Å². The van der Waals surface area contributed by atoms with E-state index in [2.05, 4.69) is 4.99 Å². The lowest BCUT2D eigenvalue weighted by atomic mass is 10.1. The first-order valence-corrected chi connectivity index (χ1v) is 9.14. The van der Waals surface area contributed by atoms with Crippen LogP contribution in [0.5, 0.6) is 5.75 Å². The maximum Gasteiger partial charge on any atom is 0.363 e. The second-order valence-corrected chi connectivity index (χ2v) is 6.69. The van der Waals surface area contributed by atoms with Crippen molar-refractivity contribution < 1.29 is 18.7 Å². The van der Waals surface area contributed by atoms with E-state index in [1.807, 2.05) is 55.5 Å². The quantitative estimate of drug-likeness (QED) is 0.454. The van der Waals surface area contributed by atoms with Crippen LogP contribution in [0.1, 0.15) is 22.3 Å². The molecule has 0 amide bonds. The largest absolute Gasteiger partial charge is 0.489 e. The minimum Gasteiger partial charge on any atom is -0.489 e. The summed E-state index contributed by atoms with van der Waals surface area (Å²) in [7, 11) is 0. The third-order valence-corrected chi connectivity index (χ3v) is 4.40. The number of carbonyl (C=O) groups is 1. The van der Waals surface area contributed by atoms with Gasteiger partial charge in [-0.05, 0) is 54.5 Å². The molecule has 3 aromatic carbocycles. The molecular formula is C24H18FNO3. The SMILES string of the molecule is Cc1ccc(COc2ccc(/C=C3/N=C(c4cccc(F)c4)OC3=O)cc2)cc1. The molecule has 29 heavy (non-hydrogen) atoms. The molecule has 1 aliphatic heterocycles. The van der Waals surface area contributed by atoms with E-state index in [0.717, 1.165) is 16.9 Å². The number of aliphatic imine (C=N–C) groups is 1. The van der Waals surface area contributed by atoms with Crippen LogP contribution in [0.15, 0.2) is 83.5 Å². The number of esters is 1. The van der Waals surface area contributed by atoms with Gasteiger partial charge in [0.05, 0.1) is 0 Å². The summed E-state index contributed by atoms with van der Waals surface area (Å²) in [5, 5.41) is 0. The lowest BCUT2D eigenvalue weighted by molar-refractivity contribution is -0.129. The molecule has 4 nitrogen and oxygen atoms in total. The van der Waals surface area contributed by atoms with E-state index < -0.39 is 11.8 Å². The van der Waals surface area contributed by atoms with Crippen molar-refractivity contribution in [1.82, 2.24) is 0 Å². The van der Waals surface area contributed by atoms with Gasteiger partial charge in [0.1, 0.15) is 18.2 Å². The zero-order valence-electron chi connectivity index (χ0n) is 15.8. The predicted octanol–water partition coefficient (Wildman–Crippen LogP) is 5.06. The van der Waals surface area contributed by atoms with Crippen LogP contribution in [-0.4, -0.2) is 11.9 Å². The van der Waals surface area contributed by atoms with Crippen LogP contribution in [0, 0.1) is 12.7 Å². The van der Waals surface area contributed by atoms with Gasteiger partial charge in [0, 0.05) is 5.56 Å². The molecule has 0 spiro atoms. The van der Waals surface area contributed by atoms with E-state index in [1.54, 1.807) is 12.1 Å². The van der Waals surface area contributed by atoms with Gasteiger partial charge in [-0.1, -0.05) is 48.0 Å². The van der Waals surface area contributed by atoms with E-state index in [0.29, 0.717) is 12.2 Å². The standard InChI is InChI=1S/C24H18FNO3/c1-16-5-7-18(8-6-16)15-28-21-11-9-17(10-12-21)13-22-24(27)29-23(26-22)19-3-2-4-20(25)14-19/h2-14H,15H2,1H3/b22-13+. The van der Waals surface area contributed by atoms with Crippen LogP contribution in [0.2, 0.25) is 0 Å². The van der Waals surface area contributed by atoms with Crippen LogP contribution in [0.4, 0.5) is 4.39 Å². The fraction of sp³-hybridized carbons (Fsp3) is 0.0833. The Morgan fingerprint density at radius 1 is 1.03 bits per heavy atom. The molecular weight excluding hydrogens is 369 g/mol. The summed E-state index contributed by atoms with van der Waals surface area (Å²) in [5.74, 6) is -0.159. The number of cyclic esters (lactones) is 1. The fourth-order valence-electron chi connectivity index (χ4n) is 2.82. The zero-order valence-corrected chi connectivity index (χ0v) is 15.8. The summed E-state index contributed by atoms with van der Waals surface area (Å²) in [6, 6.07) is 21.3. The van der Waals surface area contributed by atoms with Gasteiger partial charge in [0.25, 0.3) is 0 Å². The highest BCUT2D eigenvalue weighted by molar-refractivity contribution is 6.12. The van der Waals surface area contributed by atoms with Gasteiger partial charge in [-0.15, -0.1) is 0 Å². The number of aryl methyl sites for hydroxylation is 1. The molecule has 0 N–H and O–H groups in total. The highest BCUT2D eigenvalue weighted by Gasteiger charge is 2.24. The summed E-state index contributed by atoms with van der Waals surface area (Å²) in [4.78, 5) is 16.3. The number of carbonyl (C=O) groups excluding carboxylic acids is 1. The number of rotatable bonds is 5. The second kappa shape index (κ2) is 8.10. The smallest absolute Gasteiger partial charge is 0.363 e. The van der Waals surface area contributed by atoms with Crippen molar-refractivity contribution in [2.45, 2.75) is 13.5 Å². The maximum atomic E-state index is 13.4. The van der Waals surface area contributed by atoms with Crippen LogP contribution in [0.3, 0.4) is 0 Å². The molecule has 1 aliphatic rings. The molecule has 0 bridgehead atoms. The molecule has 0 saturated carbocycles. The third-order valence-electron chi connectivity index (χ3n) is 4.40. The fourth-order valence-corrected chi connectivity index (χ4v) is 2.82. The Kier molecular flexibility index (Phi) is 5.20. The van der Waals surface area contributed by atoms with Gasteiger partial charge in [0.15, 0.2) is 5.70 Å². The average molecular weight is 387 g/mol. The predicted molar refractivity (Wildman–Crippen MR) is 109 cm³/mol. The van der Waals surface area contributed by atoms with Crippen molar-refractivity contribution in [3.05, 3.63) is 107 Å². The van der Waals surface area contributed by atoms with Crippen molar-refractivity contribution in [2.24, 2.45) is 4.99 Å². The zero-order chi connectivity index (χ0) is 20.2. The first kappa shape index (κ1) is 18.6. The molecule has 3 aromatic rings. The number of benzene rings is 3. The number of hydrogen-bond donors (Lipinski definition) is 0. The van der Waals surface area contributed by atoms with Crippen molar-refractivity contribution in [2.75, 3.05) is 0 Å². The van der Waals surface area contributed by atoms with Gasteiger partial charge < -0.3 is 9.47 Å². The molecule has 4 rings (SSSR count). The molecule has 1 heterocycles. The Labute approximate surface area is 167 Å². The summed E-state index contributed by atoms with van der Waals surface area (Å²) < 4.78 is 24.3. The van der Waals surface area contributed by atoms with Gasteiger partial charge >= 0.3 is 5.97 Å². The molecule has 0 atom stereocenters. The molecule has 144 valence electrons. The van der Waals surface area contributed by atoms with E-state index in [4.69, 9.17) is 9.47 Å². The second-order valence-electron chi connectivity index (χ2n) is 6.69. The Hall–Kier alpha value is -3.73. The Bertz CT molecular complexity index is 1100. The van der Waals surface area contributed by atoms with Crippen LogP contribution >= 0.6 is 0 Å². The van der Waals surface area contributed by atoms with E-state index in [-0.39, 0.29) is 11.6 Å². The molecule has 0 fully saturated rings. The van der Waals surface area contributed by atoms with Crippen molar-refractivity contribution in [1.29, 1.82) is 0 Å². The minimum absolute atomic E-state index is 0.0961. The molecule has 0 unspecified atom stereocenters. The van der Waals surface area contributed by atoms with Crippen molar-refractivity contribution in [3.8, 4) is 5.75 Å². The Morgan fingerprint density at radius 3 is 2.52 bits per heavy atom. The number of halogens is 1. The number of nitrogens with zero attached hydrogens (tertiary/aromatic N) is 1. The minimum atomic E-state index is -0.566. The molecule has 0 aromatic heterocycles. The van der Waals surface area contributed by atoms with Gasteiger partial charge in [-0.3, -0.25) is 0 Å². The van der Waals surface area contributed by atoms with Gasteiger partial charge in [-0.2, -0.15) is 0 Å². The van der Waals surface area contributed by atoms with Gasteiger partial charge in [-0.25, -0.2) is 14.2 Å². The average Bonchev–Trinajstić information content (AvgIpc) is 3.09. The highest BCUT2D eigenvalue weighted by Crippen LogP contribution is 2.21. The Morgan fingerprint density at radius 2 is 1.79 bits per heavy atom. The van der Waals surface area contributed by atoms with Crippen LogP contribution in [-0.2, 0) is 16.1 Å². The first-order chi connectivity index (χ1) is 14.1. The molecule has 0 aliphatic carbocycles.